The summed E-state index contributed by atoms with van der Waals surface area (Å²) in [5, 5.41) is 10.3. The highest BCUT2D eigenvalue weighted by molar-refractivity contribution is 6.05. The molecule has 1 fully saturated rings. The molecule has 1 saturated carbocycles. The quantitative estimate of drug-likeness (QED) is 0.0965. The highest BCUT2D eigenvalue weighted by Crippen LogP contribution is 2.25. The van der Waals surface area contributed by atoms with Crippen LogP contribution in [0.3, 0.4) is 0 Å². The molecule has 314 valence electrons. The number of hydrazine groups is 1. The topological polar surface area (TPSA) is 211 Å². The van der Waals surface area contributed by atoms with Gasteiger partial charge in [0.05, 0.1) is 43.1 Å². The van der Waals surface area contributed by atoms with Crippen LogP contribution in [0.4, 0.5) is 4.79 Å². The van der Waals surface area contributed by atoms with E-state index in [2.05, 4.69) is 26.4 Å². The lowest BCUT2D eigenvalue weighted by Gasteiger charge is -2.37. The van der Waals surface area contributed by atoms with Crippen LogP contribution in [-0.4, -0.2) is 90.1 Å². The highest BCUT2D eigenvalue weighted by atomic mass is 16.5. The van der Waals surface area contributed by atoms with Gasteiger partial charge >= 0.3 is 12.1 Å². The zero-order valence-electron chi connectivity index (χ0n) is 34.4. The van der Waals surface area contributed by atoms with Crippen molar-refractivity contribution in [3.63, 3.8) is 0 Å². The van der Waals surface area contributed by atoms with Gasteiger partial charge in [-0.05, 0) is 69.6 Å². The minimum absolute atomic E-state index is 0.0298. The van der Waals surface area contributed by atoms with Gasteiger partial charge in [0.2, 0.25) is 11.8 Å². The lowest BCUT2D eigenvalue weighted by Crippen LogP contribution is -2.60. The van der Waals surface area contributed by atoms with E-state index in [0.29, 0.717) is 12.1 Å². The maximum absolute atomic E-state index is 13.9. The third-order valence-electron chi connectivity index (χ3n) is 10.1. The van der Waals surface area contributed by atoms with Gasteiger partial charge in [-0.15, -0.1) is 0 Å². The Kier molecular flexibility index (Phi) is 16.7. The Bertz CT molecular complexity index is 1880. The summed E-state index contributed by atoms with van der Waals surface area (Å²) in [5.74, 6) is -3.32. The van der Waals surface area contributed by atoms with Crippen LogP contribution in [0.25, 0.3) is 10.9 Å². The first-order valence-electron chi connectivity index (χ1n) is 19.9. The van der Waals surface area contributed by atoms with Gasteiger partial charge in [-0.25, -0.2) is 14.8 Å². The largest absolute Gasteiger partial charge is 0.458 e. The molecule has 0 bridgehead atoms. The Morgan fingerprint density at radius 1 is 0.879 bits per heavy atom. The lowest BCUT2D eigenvalue weighted by atomic mass is 9.89. The van der Waals surface area contributed by atoms with Crippen molar-refractivity contribution in [2.45, 2.75) is 104 Å². The number of para-hydroxylation sites is 1. The number of methoxy groups -OCH3 is 1. The Morgan fingerprint density at radius 2 is 1.55 bits per heavy atom. The second kappa shape index (κ2) is 21.4. The fraction of sp³-hybridized carbons (Fsp3) is 0.512. The number of nitrogens with one attached hydrogen (secondary N) is 4. The molecule has 3 aromatic rings. The fourth-order valence-electron chi connectivity index (χ4n) is 6.73. The van der Waals surface area contributed by atoms with Gasteiger partial charge in [0.25, 0.3) is 11.8 Å². The third-order valence-corrected chi connectivity index (χ3v) is 10.1. The SMILES string of the molecule is COC(=O)NC(C(=O)NN(CC1CCCCC1)CC(OC(=O)C(C)(C)C)C(Cc1ccccc1)NC(=O)C(N)CC(=O)NC(=O)c1ccc2ccccc2n1)C(C)C. The minimum Gasteiger partial charge on any atom is -0.458 e. The summed E-state index contributed by atoms with van der Waals surface area (Å²) < 4.78 is 11.0. The van der Waals surface area contributed by atoms with E-state index in [9.17, 15) is 28.8 Å². The average Bonchev–Trinajstić information content (AvgIpc) is 3.19. The molecule has 2 aromatic carbocycles. The van der Waals surface area contributed by atoms with E-state index in [4.69, 9.17) is 15.2 Å². The smallest absolute Gasteiger partial charge is 0.407 e. The van der Waals surface area contributed by atoms with Crippen LogP contribution < -0.4 is 27.1 Å². The van der Waals surface area contributed by atoms with Crippen LogP contribution in [0.1, 0.15) is 89.2 Å². The van der Waals surface area contributed by atoms with Gasteiger partial charge in [-0.3, -0.25) is 34.7 Å². The zero-order valence-corrected chi connectivity index (χ0v) is 34.4. The van der Waals surface area contributed by atoms with Crippen molar-refractivity contribution in [1.29, 1.82) is 0 Å². The molecule has 0 saturated heterocycles. The third kappa shape index (κ3) is 13.9. The van der Waals surface area contributed by atoms with Crippen LogP contribution in [0.15, 0.2) is 66.7 Å². The number of aromatic nitrogens is 1. The summed E-state index contributed by atoms with van der Waals surface area (Å²) in [5.41, 5.74) is 9.79. The zero-order chi connectivity index (χ0) is 42.4. The number of benzene rings is 2. The summed E-state index contributed by atoms with van der Waals surface area (Å²) in [6.07, 6.45) is 2.95. The molecule has 0 radical (unpaired) electrons. The second-order valence-corrected chi connectivity index (χ2v) is 16.3. The molecule has 0 aliphatic heterocycles. The van der Waals surface area contributed by atoms with Gasteiger partial charge < -0.3 is 25.8 Å². The van der Waals surface area contributed by atoms with Gasteiger partial charge in [0, 0.05) is 11.9 Å². The van der Waals surface area contributed by atoms with Crippen molar-refractivity contribution in [2.75, 3.05) is 20.2 Å². The van der Waals surface area contributed by atoms with Crippen molar-refractivity contribution in [2.24, 2.45) is 23.0 Å². The molecule has 1 aliphatic carbocycles. The Labute approximate surface area is 340 Å². The number of imide groups is 1. The first-order chi connectivity index (χ1) is 27.5. The van der Waals surface area contributed by atoms with Crippen LogP contribution in [-0.2, 0) is 35.1 Å². The molecular formula is C43H59N7O8. The van der Waals surface area contributed by atoms with Crippen molar-refractivity contribution >= 4 is 46.6 Å². The molecule has 0 spiro atoms. The minimum atomic E-state index is -1.39. The van der Waals surface area contributed by atoms with E-state index in [1.54, 1.807) is 57.8 Å². The summed E-state index contributed by atoms with van der Waals surface area (Å²) in [4.78, 5) is 83.8. The van der Waals surface area contributed by atoms with Gasteiger partial charge in [0.15, 0.2) is 0 Å². The number of carbonyl (C=O) groups is 6. The first-order valence-corrected chi connectivity index (χ1v) is 19.9. The molecule has 4 unspecified atom stereocenters. The average molecular weight is 802 g/mol. The lowest BCUT2D eigenvalue weighted by molar-refractivity contribution is -0.162. The highest BCUT2D eigenvalue weighted by Gasteiger charge is 2.36. The van der Waals surface area contributed by atoms with Crippen LogP contribution in [0, 0.1) is 17.3 Å². The molecule has 5 amide bonds. The van der Waals surface area contributed by atoms with E-state index >= 15 is 0 Å². The molecule has 4 atom stereocenters. The van der Waals surface area contributed by atoms with E-state index in [1.807, 2.05) is 42.5 Å². The molecule has 4 rings (SSSR count). The van der Waals surface area contributed by atoms with Crippen LogP contribution in [0.5, 0.6) is 0 Å². The van der Waals surface area contributed by atoms with E-state index in [0.717, 1.165) is 43.1 Å². The molecule has 1 heterocycles. The normalized spacial score (nSPS) is 15.5. The predicted octanol–water partition coefficient (Wildman–Crippen LogP) is 4.19. The number of ether oxygens (including phenoxy) is 2. The van der Waals surface area contributed by atoms with Gasteiger partial charge in [-0.2, -0.15) is 0 Å². The van der Waals surface area contributed by atoms with E-state index < -0.39 is 71.8 Å². The van der Waals surface area contributed by atoms with Crippen LogP contribution in [0.2, 0.25) is 0 Å². The van der Waals surface area contributed by atoms with Crippen molar-refractivity contribution < 1.29 is 38.2 Å². The number of hydrogen-bond acceptors (Lipinski definition) is 11. The number of amides is 5. The molecule has 6 N–H and O–H groups in total. The monoisotopic (exact) mass is 801 g/mol. The predicted molar refractivity (Wildman–Crippen MR) is 219 cm³/mol. The standard InChI is InChI=1S/C43H59N7O8/c1-27(2)37(48-42(56)57-6)40(54)49-50(25-29-17-11-8-12-18-29)26-35(58-41(55)43(3,4)5)34(23-28-15-9-7-10-16-28)46-38(52)31(44)24-36(51)47-39(53)33-22-21-30-19-13-14-20-32(30)45-33/h7,9-10,13-16,19-22,27,29,31,34-35,37H,8,11-12,17-18,23-26,44H2,1-6H3,(H,46,52)(H,48,56)(H,49,54)(H,47,51,53). The number of nitrogens with zero attached hydrogens (tertiary/aromatic N) is 2. The summed E-state index contributed by atoms with van der Waals surface area (Å²) in [6, 6.07) is 16.5. The molecule has 58 heavy (non-hydrogen) atoms. The number of alkyl carbamates (subject to hydrolysis) is 1. The van der Waals surface area contributed by atoms with Crippen molar-refractivity contribution in [3.8, 4) is 0 Å². The number of esters is 1. The summed E-state index contributed by atoms with van der Waals surface area (Å²) >= 11 is 0. The molecule has 15 nitrogen and oxygen atoms in total. The Morgan fingerprint density at radius 3 is 2.21 bits per heavy atom. The Balaban J connectivity index is 1.59. The second-order valence-electron chi connectivity index (χ2n) is 16.3. The molecule has 15 heteroatoms. The van der Waals surface area contributed by atoms with Gasteiger partial charge in [-0.1, -0.05) is 87.7 Å². The number of hydrogen-bond donors (Lipinski definition) is 5. The Hall–Kier alpha value is -5.41. The summed E-state index contributed by atoms with van der Waals surface area (Å²) in [7, 11) is 1.22. The number of carbonyl (C=O) groups excluding carboxylic acids is 6. The molecule has 1 aliphatic rings. The fourth-order valence-corrected chi connectivity index (χ4v) is 6.73. The number of fused-ring (bicyclic) bond motifs is 1. The maximum atomic E-state index is 13.9. The molecular weight excluding hydrogens is 743 g/mol. The van der Waals surface area contributed by atoms with Crippen LogP contribution >= 0.6 is 0 Å². The summed E-state index contributed by atoms with van der Waals surface area (Å²) in [6.45, 7) is 9.13. The van der Waals surface area contributed by atoms with E-state index in [-0.39, 0.29) is 30.5 Å². The number of nitrogens with two attached hydrogens (primary N) is 1. The number of rotatable bonds is 17. The van der Waals surface area contributed by atoms with E-state index in [1.165, 1.54) is 13.2 Å². The van der Waals surface area contributed by atoms with Crippen molar-refractivity contribution in [1.82, 2.24) is 31.4 Å². The van der Waals surface area contributed by atoms with Gasteiger partial charge in [0.1, 0.15) is 17.8 Å². The number of pyridine rings is 1. The maximum Gasteiger partial charge on any atom is 0.407 e. The first kappa shape index (κ1) is 45.3. The molecule has 1 aromatic heterocycles. The van der Waals surface area contributed by atoms with Crippen molar-refractivity contribution in [3.05, 3.63) is 78.0 Å².